The van der Waals surface area contributed by atoms with Crippen molar-refractivity contribution in [3.05, 3.63) is 77.6 Å². The Morgan fingerprint density at radius 1 is 1.03 bits per heavy atom. The van der Waals surface area contributed by atoms with Crippen LogP contribution in [-0.4, -0.2) is 57.7 Å². The van der Waals surface area contributed by atoms with Crippen LogP contribution in [0, 0.1) is 6.92 Å². The summed E-state index contributed by atoms with van der Waals surface area (Å²) in [5, 5.41) is 0.831. The van der Waals surface area contributed by atoms with Crippen molar-refractivity contribution in [1.29, 1.82) is 0 Å². The Labute approximate surface area is 176 Å². The predicted octanol–water partition coefficient (Wildman–Crippen LogP) is 3.86. The number of imidazole rings is 1. The maximum absolute atomic E-state index is 13.3. The van der Waals surface area contributed by atoms with Crippen LogP contribution in [0.2, 0.25) is 0 Å². The zero-order chi connectivity index (χ0) is 20.2. The van der Waals surface area contributed by atoms with Crippen LogP contribution in [0.25, 0.3) is 5.69 Å². The molecule has 29 heavy (non-hydrogen) atoms. The van der Waals surface area contributed by atoms with Gasteiger partial charge in [0.1, 0.15) is 5.69 Å². The van der Waals surface area contributed by atoms with E-state index in [0.717, 1.165) is 43.6 Å². The second-order valence-corrected chi connectivity index (χ2v) is 8.13. The van der Waals surface area contributed by atoms with Gasteiger partial charge in [0.15, 0.2) is 5.16 Å². The third-order valence-corrected chi connectivity index (χ3v) is 5.95. The third-order valence-electron chi connectivity index (χ3n) is 5.29. The molecule has 0 saturated carbocycles. The fraction of sp³-hybridized carbons (Fsp3) is 0.304. The van der Waals surface area contributed by atoms with E-state index in [1.165, 1.54) is 11.1 Å². The quantitative estimate of drug-likeness (QED) is 0.604. The lowest BCUT2D eigenvalue weighted by Gasteiger charge is -2.34. The number of thioether (sulfide) groups is 1. The lowest BCUT2D eigenvalue weighted by atomic mass is 10.1. The number of aromatic nitrogens is 2. The second kappa shape index (κ2) is 8.84. The summed E-state index contributed by atoms with van der Waals surface area (Å²) < 4.78 is 1.96. The van der Waals surface area contributed by atoms with Crippen LogP contribution in [0.5, 0.6) is 0 Å². The number of carbonyl (C=O) groups excluding carboxylic acids is 1. The Hall–Kier alpha value is -2.57. The van der Waals surface area contributed by atoms with E-state index < -0.39 is 0 Å². The molecule has 0 bridgehead atoms. The maximum Gasteiger partial charge on any atom is 0.272 e. The number of nitrogens with zero attached hydrogens (tertiary/aromatic N) is 4. The molecule has 2 heterocycles. The van der Waals surface area contributed by atoms with E-state index in [-0.39, 0.29) is 5.91 Å². The molecule has 0 radical (unpaired) electrons. The van der Waals surface area contributed by atoms with Gasteiger partial charge >= 0.3 is 0 Å². The first-order valence-corrected chi connectivity index (χ1v) is 11.1. The highest BCUT2D eigenvalue weighted by Crippen LogP contribution is 2.23. The highest BCUT2D eigenvalue weighted by molar-refractivity contribution is 7.98. The molecule has 0 atom stereocenters. The van der Waals surface area contributed by atoms with Gasteiger partial charge in [-0.15, -0.1) is 0 Å². The molecule has 1 saturated heterocycles. The molecule has 150 valence electrons. The fourth-order valence-electron chi connectivity index (χ4n) is 3.80. The van der Waals surface area contributed by atoms with Crippen LogP contribution in [0.4, 0.5) is 0 Å². The number of hydrogen-bond acceptors (Lipinski definition) is 4. The number of piperazine rings is 1. The average Bonchev–Trinajstić information content (AvgIpc) is 3.18. The smallest absolute Gasteiger partial charge is 0.272 e. The molecule has 5 nitrogen and oxygen atoms in total. The average molecular weight is 407 g/mol. The minimum Gasteiger partial charge on any atom is -0.335 e. The van der Waals surface area contributed by atoms with Gasteiger partial charge in [0, 0.05) is 38.4 Å². The van der Waals surface area contributed by atoms with Gasteiger partial charge in [0.25, 0.3) is 5.91 Å². The minimum atomic E-state index is 0.0526. The first-order valence-electron chi connectivity index (χ1n) is 9.90. The Balaban J connectivity index is 1.46. The van der Waals surface area contributed by atoms with E-state index in [9.17, 15) is 4.79 Å². The number of hydrogen-bond donors (Lipinski definition) is 0. The van der Waals surface area contributed by atoms with E-state index in [0.29, 0.717) is 5.69 Å². The number of rotatable bonds is 5. The fourth-order valence-corrected chi connectivity index (χ4v) is 4.34. The van der Waals surface area contributed by atoms with Gasteiger partial charge in [-0.05, 0) is 30.9 Å². The molecule has 1 amide bonds. The molecule has 1 aliphatic rings. The van der Waals surface area contributed by atoms with Crippen LogP contribution in [0.3, 0.4) is 0 Å². The number of aryl methyl sites for hydroxylation is 1. The topological polar surface area (TPSA) is 41.4 Å². The van der Waals surface area contributed by atoms with Crippen molar-refractivity contribution in [3.63, 3.8) is 0 Å². The highest BCUT2D eigenvalue weighted by Gasteiger charge is 2.26. The molecular formula is C23H26N4OS. The Bertz CT molecular complexity index is 978. The van der Waals surface area contributed by atoms with Gasteiger partial charge in [-0.25, -0.2) is 4.98 Å². The molecule has 0 aliphatic carbocycles. The van der Waals surface area contributed by atoms with Crippen LogP contribution in [0.1, 0.15) is 21.6 Å². The standard InChI is InChI=1S/C23H26N4OS/c1-18-7-6-8-19(15-18)17-25-11-13-26(14-12-25)22(28)21-16-24-23(29-2)27(21)20-9-4-3-5-10-20/h3-10,15-16H,11-14,17H2,1-2H3. The molecule has 6 heteroatoms. The first-order chi connectivity index (χ1) is 14.2. The molecule has 1 aromatic heterocycles. The number of benzene rings is 2. The Kier molecular flexibility index (Phi) is 6.02. The lowest BCUT2D eigenvalue weighted by Crippen LogP contribution is -2.48. The van der Waals surface area contributed by atoms with Gasteiger partial charge in [-0.3, -0.25) is 14.3 Å². The molecule has 0 N–H and O–H groups in total. The summed E-state index contributed by atoms with van der Waals surface area (Å²) in [5.74, 6) is 0.0526. The summed E-state index contributed by atoms with van der Waals surface area (Å²) in [5.41, 5.74) is 4.22. The summed E-state index contributed by atoms with van der Waals surface area (Å²) in [7, 11) is 0. The summed E-state index contributed by atoms with van der Waals surface area (Å²) in [4.78, 5) is 22.1. The van der Waals surface area contributed by atoms with Crippen LogP contribution in [-0.2, 0) is 6.54 Å². The zero-order valence-electron chi connectivity index (χ0n) is 16.9. The molecule has 2 aromatic carbocycles. The van der Waals surface area contributed by atoms with E-state index in [1.54, 1.807) is 18.0 Å². The van der Waals surface area contributed by atoms with Gasteiger partial charge in [-0.2, -0.15) is 0 Å². The predicted molar refractivity (Wildman–Crippen MR) is 118 cm³/mol. The summed E-state index contributed by atoms with van der Waals surface area (Å²) in [6.45, 7) is 6.29. The summed E-state index contributed by atoms with van der Waals surface area (Å²) in [6.07, 6.45) is 3.69. The number of para-hydroxylation sites is 1. The molecule has 0 unspecified atom stereocenters. The third kappa shape index (κ3) is 4.38. The van der Waals surface area contributed by atoms with Gasteiger partial charge in [-0.1, -0.05) is 59.8 Å². The van der Waals surface area contributed by atoms with Gasteiger partial charge in [0.2, 0.25) is 0 Å². The van der Waals surface area contributed by atoms with Crippen molar-refractivity contribution in [2.75, 3.05) is 32.4 Å². The maximum atomic E-state index is 13.3. The van der Waals surface area contributed by atoms with Gasteiger partial charge in [0.05, 0.1) is 6.20 Å². The minimum absolute atomic E-state index is 0.0526. The normalized spacial score (nSPS) is 14.9. The molecular weight excluding hydrogens is 380 g/mol. The molecule has 1 aliphatic heterocycles. The molecule has 3 aromatic rings. The van der Waals surface area contributed by atoms with E-state index in [1.807, 2.05) is 46.1 Å². The lowest BCUT2D eigenvalue weighted by molar-refractivity contribution is 0.0620. The Morgan fingerprint density at radius 2 is 1.79 bits per heavy atom. The molecule has 4 rings (SSSR count). The van der Waals surface area contributed by atoms with Crippen LogP contribution < -0.4 is 0 Å². The van der Waals surface area contributed by atoms with E-state index in [2.05, 4.69) is 41.1 Å². The zero-order valence-corrected chi connectivity index (χ0v) is 17.7. The number of amides is 1. The van der Waals surface area contributed by atoms with E-state index in [4.69, 9.17) is 0 Å². The summed E-state index contributed by atoms with van der Waals surface area (Å²) >= 11 is 1.55. The Morgan fingerprint density at radius 3 is 2.48 bits per heavy atom. The first kappa shape index (κ1) is 19.7. The molecule has 0 spiro atoms. The molecule has 1 fully saturated rings. The summed E-state index contributed by atoms with van der Waals surface area (Å²) in [6, 6.07) is 18.6. The van der Waals surface area contributed by atoms with Crippen molar-refractivity contribution in [2.24, 2.45) is 0 Å². The van der Waals surface area contributed by atoms with Crippen molar-refractivity contribution < 1.29 is 4.79 Å². The largest absolute Gasteiger partial charge is 0.335 e. The van der Waals surface area contributed by atoms with E-state index >= 15 is 0 Å². The highest BCUT2D eigenvalue weighted by atomic mass is 32.2. The van der Waals surface area contributed by atoms with Crippen LogP contribution in [0.15, 0.2) is 66.0 Å². The monoisotopic (exact) mass is 406 g/mol. The van der Waals surface area contributed by atoms with Crippen LogP contribution >= 0.6 is 11.8 Å². The van der Waals surface area contributed by atoms with Crippen molar-refractivity contribution >= 4 is 17.7 Å². The van der Waals surface area contributed by atoms with Crippen molar-refractivity contribution in [1.82, 2.24) is 19.4 Å². The second-order valence-electron chi connectivity index (χ2n) is 7.36. The number of carbonyl (C=O) groups is 1. The van der Waals surface area contributed by atoms with Gasteiger partial charge < -0.3 is 4.90 Å². The van der Waals surface area contributed by atoms with Crippen molar-refractivity contribution in [3.8, 4) is 5.69 Å². The van der Waals surface area contributed by atoms with Crippen molar-refractivity contribution in [2.45, 2.75) is 18.6 Å². The SMILES string of the molecule is CSc1ncc(C(=O)N2CCN(Cc3cccc(C)c3)CC2)n1-c1ccccc1.